The molecule has 0 aliphatic rings. The molecule has 0 aromatic heterocycles. The van der Waals surface area contributed by atoms with Gasteiger partial charge < -0.3 is 15.2 Å². The van der Waals surface area contributed by atoms with Crippen LogP contribution in [0.4, 0.5) is 4.39 Å². The Balaban J connectivity index is 2.73. The molecule has 1 aromatic carbocycles. The number of hydrogen-bond acceptors (Lipinski definition) is 3. The van der Waals surface area contributed by atoms with Crippen molar-refractivity contribution in [1.29, 1.82) is 0 Å². The van der Waals surface area contributed by atoms with Crippen molar-refractivity contribution in [2.24, 2.45) is 0 Å². The van der Waals surface area contributed by atoms with Crippen LogP contribution in [-0.4, -0.2) is 32.0 Å². The Hall–Kier alpha value is -0.970. The maximum absolute atomic E-state index is 13.1. The average molecular weight is 227 g/mol. The molecule has 0 aliphatic heterocycles. The fraction of sp³-hybridized carbons (Fsp3) is 0.500. The average Bonchev–Trinajstić information content (AvgIpc) is 2.28. The number of halogens is 1. The van der Waals surface area contributed by atoms with E-state index in [0.717, 1.165) is 11.1 Å². The van der Waals surface area contributed by atoms with Gasteiger partial charge in [0.1, 0.15) is 5.82 Å². The van der Waals surface area contributed by atoms with Crippen molar-refractivity contribution >= 4 is 0 Å². The predicted octanol–water partition coefficient (Wildman–Crippen LogP) is 1.40. The molecule has 4 heteroatoms. The van der Waals surface area contributed by atoms with Gasteiger partial charge in [-0.3, -0.25) is 0 Å². The van der Waals surface area contributed by atoms with Crippen LogP contribution in [0, 0.1) is 12.7 Å². The zero-order valence-electron chi connectivity index (χ0n) is 9.66. The van der Waals surface area contributed by atoms with Crippen LogP contribution in [0.1, 0.15) is 17.2 Å². The smallest absolute Gasteiger partial charge is 0.123 e. The van der Waals surface area contributed by atoms with Crippen LogP contribution in [0.25, 0.3) is 0 Å². The van der Waals surface area contributed by atoms with Crippen molar-refractivity contribution in [3.63, 3.8) is 0 Å². The van der Waals surface area contributed by atoms with Gasteiger partial charge in [-0.1, -0.05) is 6.07 Å². The van der Waals surface area contributed by atoms with Crippen LogP contribution >= 0.6 is 0 Å². The summed E-state index contributed by atoms with van der Waals surface area (Å²) < 4.78 is 18.0. The van der Waals surface area contributed by atoms with Crippen LogP contribution < -0.4 is 5.32 Å². The van der Waals surface area contributed by atoms with Crippen LogP contribution in [-0.2, 0) is 4.74 Å². The molecule has 0 fully saturated rings. The van der Waals surface area contributed by atoms with E-state index in [1.165, 1.54) is 12.1 Å². The Morgan fingerprint density at radius 3 is 2.88 bits per heavy atom. The van der Waals surface area contributed by atoms with E-state index in [1.54, 1.807) is 13.2 Å². The van der Waals surface area contributed by atoms with Gasteiger partial charge in [0.2, 0.25) is 0 Å². The molecule has 0 saturated heterocycles. The number of aliphatic hydroxyl groups excluding tert-OH is 1. The minimum atomic E-state index is -0.285. The zero-order chi connectivity index (χ0) is 12.0. The summed E-state index contributed by atoms with van der Waals surface area (Å²) in [6, 6.07) is 4.34. The standard InChI is InChI=1S/C12H18FNO2/c1-9-3-4-10(13)7-11(9)12(8-15)14-5-6-16-2/h3-4,7,12,14-15H,5-6,8H2,1-2H3. The summed E-state index contributed by atoms with van der Waals surface area (Å²) in [7, 11) is 1.61. The molecule has 1 aromatic rings. The molecule has 2 N–H and O–H groups in total. The third-order valence-electron chi connectivity index (χ3n) is 2.50. The number of benzene rings is 1. The van der Waals surface area contributed by atoms with E-state index < -0.39 is 0 Å². The summed E-state index contributed by atoms with van der Waals surface area (Å²) in [6.07, 6.45) is 0. The van der Waals surface area contributed by atoms with Gasteiger partial charge in [0.15, 0.2) is 0 Å². The molecule has 0 radical (unpaired) electrons. The minimum Gasteiger partial charge on any atom is -0.394 e. The first-order valence-corrected chi connectivity index (χ1v) is 5.28. The molecular formula is C12H18FNO2. The SMILES string of the molecule is COCCNC(CO)c1cc(F)ccc1C. The first-order valence-electron chi connectivity index (χ1n) is 5.28. The Labute approximate surface area is 95.2 Å². The monoisotopic (exact) mass is 227 g/mol. The lowest BCUT2D eigenvalue weighted by atomic mass is 10.0. The van der Waals surface area contributed by atoms with E-state index in [9.17, 15) is 9.50 Å². The number of aryl methyl sites for hydroxylation is 1. The second-order valence-corrected chi connectivity index (χ2v) is 3.68. The highest BCUT2D eigenvalue weighted by molar-refractivity contribution is 5.29. The molecule has 0 spiro atoms. The summed E-state index contributed by atoms with van der Waals surface area (Å²) in [5.74, 6) is -0.285. The van der Waals surface area contributed by atoms with Crippen molar-refractivity contribution in [3.8, 4) is 0 Å². The van der Waals surface area contributed by atoms with Gasteiger partial charge >= 0.3 is 0 Å². The Bertz CT molecular complexity index is 331. The lowest BCUT2D eigenvalue weighted by molar-refractivity contribution is 0.184. The Kier molecular flexibility index (Phi) is 5.38. The topological polar surface area (TPSA) is 41.5 Å². The van der Waals surface area contributed by atoms with Gasteiger partial charge in [0, 0.05) is 13.7 Å². The predicted molar refractivity (Wildman–Crippen MR) is 60.8 cm³/mol. The third-order valence-corrected chi connectivity index (χ3v) is 2.50. The van der Waals surface area contributed by atoms with Gasteiger partial charge in [-0.15, -0.1) is 0 Å². The van der Waals surface area contributed by atoms with Gasteiger partial charge in [-0.05, 0) is 30.2 Å². The molecule has 0 heterocycles. The van der Waals surface area contributed by atoms with Crippen molar-refractivity contribution in [2.75, 3.05) is 26.9 Å². The van der Waals surface area contributed by atoms with Crippen LogP contribution in [0.3, 0.4) is 0 Å². The van der Waals surface area contributed by atoms with Crippen LogP contribution in [0.5, 0.6) is 0 Å². The minimum absolute atomic E-state index is 0.0615. The third kappa shape index (κ3) is 3.56. The van der Waals surface area contributed by atoms with E-state index in [1.807, 2.05) is 6.92 Å². The van der Waals surface area contributed by atoms with Crippen molar-refractivity contribution in [2.45, 2.75) is 13.0 Å². The van der Waals surface area contributed by atoms with Crippen molar-refractivity contribution < 1.29 is 14.2 Å². The van der Waals surface area contributed by atoms with Gasteiger partial charge in [-0.2, -0.15) is 0 Å². The van der Waals surface area contributed by atoms with Crippen molar-refractivity contribution in [3.05, 3.63) is 35.1 Å². The molecule has 3 nitrogen and oxygen atoms in total. The Morgan fingerprint density at radius 2 is 2.25 bits per heavy atom. The first kappa shape index (κ1) is 13.1. The molecule has 1 rings (SSSR count). The number of aliphatic hydroxyl groups is 1. The highest BCUT2D eigenvalue weighted by Crippen LogP contribution is 2.18. The number of rotatable bonds is 6. The quantitative estimate of drug-likeness (QED) is 0.722. The van der Waals surface area contributed by atoms with Gasteiger partial charge in [-0.25, -0.2) is 4.39 Å². The van der Waals surface area contributed by atoms with Gasteiger partial charge in [0.05, 0.1) is 19.3 Å². The van der Waals surface area contributed by atoms with E-state index >= 15 is 0 Å². The molecular weight excluding hydrogens is 209 g/mol. The molecule has 90 valence electrons. The molecule has 1 unspecified atom stereocenters. The fourth-order valence-electron chi connectivity index (χ4n) is 1.59. The highest BCUT2D eigenvalue weighted by atomic mass is 19.1. The van der Waals surface area contributed by atoms with Crippen molar-refractivity contribution in [1.82, 2.24) is 5.32 Å². The van der Waals surface area contributed by atoms with Crippen LogP contribution in [0.15, 0.2) is 18.2 Å². The summed E-state index contributed by atoms with van der Waals surface area (Å²) in [5.41, 5.74) is 1.75. The maximum atomic E-state index is 13.1. The molecule has 1 atom stereocenters. The fourth-order valence-corrected chi connectivity index (χ4v) is 1.59. The maximum Gasteiger partial charge on any atom is 0.123 e. The van der Waals surface area contributed by atoms with E-state index in [4.69, 9.17) is 4.74 Å². The second kappa shape index (κ2) is 6.58. The normalized spacial score (nSPS) is 12.8. The summed E-state index contributed by atoms with van der Waals surface area (Å²) >= 11 is 0. The van der Waals surface area contributed by atoms with E-state index in [2.05, 4.69) is 5.32 Å². The lowest BCUT2D eigenvalue weighted by Gasteiger charge is -2.18. The molecule has 0 bridgehead atoms. The number of methoxy groups -OCH3 is 1. The lowest BCUT2D eigenvalue weighted by Crippen LogP contribution is -2.28. The van der Waals surface area contributed by atoms with Gasteiger partial charge in [0.25, 0.3) is 0 Å². The number of hydrogen-bond donors (Lipinski definition) is 2. The zero-order valence-corrected chi connectivity index (χ0v) is 9.66. The van der Waals surface area contributed by atoms with Crippen LogP contribution in [0.2, 0.25) is 0 Å². The summed E-state index contributed by atoms with van der Waals surface area (Å²) in [5, 5.41) is 12.4. The first-order chi connectivity index (χ1) is 7.69. The van der Waals surface area contributed by atoms with E-state index in [-0.39, 0.29) is 18.5 Å². The largest absolute Gasteiger partial charge is 0.394 e. The highest BCUT2D eigenvalue weighted by Gasteiger charge is 2.12. The molecule has 0 amide bonds. The van der Waals surface area contributed by atoms with E-state index in [0.29, 0.717) is 13.2 Å². The summed E-state index contributed by atoms with van der Waals surface area (Å²) in [4.78, 5) is 0. The number of ether oxygens (including phenoxy) is 1. The second-order valence-electron chi connectivity index (χ2n) is 3.68. The number of nitrogens with one attached hydrogen (secondary N) is 1. The summed E-state index contributed by atoms with van der Waals surface area (Å²) in [6.45, 7) is 3.02. The molecule has 16 heavy (non-hydrogen) atoms. The molecule has 0 aliphatic carbocycles. The molecule has 0 saturated carbocycles. The Morgan fingerprint density at radius 1 is 1.50 bits per heavy atom.